The van der Waals surface area contributed by atoms with Crippen molar-refractivity contribution in [1.82, 2.24) is 5.32 Å². The molecule has 2 rings (SSSR count). The van der Waals surface area contributed by atoms with Crippen LogP contribution in [0.2, 0.25) is 0 Å². The fraction of sp³-hybridized carbons (Fsp3) is 0.417. The Bertz CT molecular complexity index is 743. The highest BCUT2D eigenvalue weighted by molar-refractivity contribution is 8.14. The van der Waals surface area contributed by atoms with E-state index in [0.29, 0.717) is 6.42 Å². The summed E-state index contributed by atoms with van der Waals surface area (Å²) < 4.78 is 0. The largest absolute Gasteiger partial charge is 0.346 e. The molecule has 4 heteroatoms. The van der Waals surface area contributed by atoms with E-state index in [4.69, 9.17) is 0 Å². The van der Waals surface area contributed by atoms with Gasteiger partial charge < -0.3 is 5.32 Å². The molecule has 0 radical (unpaired) electrons. The van der Waals surface area contributed by atoms with Crippen molar-refractivity contribution in [2.75, 3.05) is 0 Å². The Hall–Kier alpha value is -2.07. The molecule has 0 saturated heterocycles. The molecule has 0 heterocycles. The fourth-order valence-electron chi connectivity index (χ4n) is 3.05. The lowest BCUT2D eigenvalue weighted by Crippen LogP contribution is -2.37. The second-order valence-corrected chi connectivity index (χ2v) is 8.70. The Morgan fingerprint density at radius 3 is 2.21 bits per heavy atom. The molecule has 1 N–H and O–H groups in total. The SMILES string of the molecule is CCCCCC(=O)N[C@H](C)C(=O)S[C@@H](C)Cc1ccc(-c2ccccc2)cc1. The first-order chi connectivity index (χ1) is 13.5. The molecule has 2 aromatic carbocycles. The van der Waals surface area contributed by atoms with Crippen molar-refractivity contribution in [1.29, 1.82) is 0 Å². The summed E-state index contributed by atoms with van der Waals surface area (Å²) in [6.07, 6.45) is 4.33. The molecule has 2 atom stereocenters. The van der Waals surface area contributed by atoms with Crippen LogP contribution < -0.4 is 5.32 Å². The van der Waals surface area contributed by atoms with Gasteiger partial charge in [-0.2, -0.15) is 0 Å². The van der Waals surface area contributed by atoms with Crippen molar-refractivity contribution in [2.24, 2.45) is 0 Å². The van der Waals surface area contributed by atoms with Crippen LogP contribution in [-0.4, -0.2) is 22.3 Å². The van der Waals surface area contributed by atoms with Gasteiger partial charge in [-0.05, 0) is 36.5 Å². The molecule has 0 aliphatic heterocycles. The van der Waals surface area contributed by atoms with E-state index < -0.39 is 6.04 Å². The zero-order valence-corrected chi connectivity index (χ0v) is 17.9. The second-order valence-electron chi connectivity index (χ2n) is 7.26. The van der Waals surface area contributed by atoms with Crippen molar-refractivity contribution in [3.63, 3.8) is 0 Å². The van der Waals surface area contributed by atoms with Gasteiger partial charge in [-0.3, -0.25) is 9.59 Å². The van der Waals surface area contributed by atoms with Crippen molar-refractivity contribution < 1.29 is 9.59 Å². The third-order valence-electron chi connectivity index (χ3n) is 4.64. The number of amides is 1. The predicted molar refractivity (Wildman–Crippen MR) is 119 cm³/mol. The highest BCUT2D eigenvalue weighted by atomic mass is 32.2. The second kappa shape index (κ2) is 11.7. The molecule has 0 unspecified atom stereocenters. The maximum absolute atomic E-state index is 12.4. The fourth-order valence-corrected chi connectivity index (χ4v) is 3.98. The van der Waals surface area contributed by atoms with Crippen LogP contribution in [0.5, 0.6) is 0 Å². The summed E-state index contributed by atoms with van der Waals surface area (Å²) in [7, 11) is 0. The molecular weight excluding hydrogens is 366 g/mol. The van der Waals surface area contributed by atoms with Crippen LogP contribution >= 0.6 is 11.8 Å². The number of rotatable bonds is 10. The van der Waals surface area contributed by atoms with Crippen LogP contribution in [0.4, 0.5) is 0 Å². The molecule has 0 fully saturated rings. The Morgan fingerprint density at radius 1 is 0.929 bits per heavy atom. The lowest BCUT2D eigenvalue weighted by Gasteiger charge is -2.16. The van der Waals surface area contributed by atoms with Crippen LogP contribution in [-0.2, 0) is 16.0 Å². The van der Waals surface area contributed by atoms with Crippen LogP contribution in [0.1, 0.15) is 52.0 Å². The van der Waals surface area contributed by atoms with Gasteiger partial charge in [-0.1, -0.05) is 93.0 Å². The topological polar surface area (TPSA) is 46.2 Å². The number of hydrogen-bond acceptors (Lipinski definition) is 3. The van der Waals surface area contributed by atoms with Gasteiger partial charge in [0.25, 0.3) is 0 Å². The van der Waals surface area contributed by atoms with Crippen molar-refractivity contribution >= 4 is 22.8 Å². The predicted octanol–water partition coefficient (Wildman–Crippen LogP) is 5.63. The molecule has 3 nitrogen and oxygen atoms in total. The van der Waals surface area contributed by atoms with Gasteiger partial charge in [0.05, 0.1) is 6.04 Å². The summed E-state index contributed by atoms with van der Waals surface area (Å²) in [5.74, 6) is -0.0287. The van der Waals surface area contributed by atoms with Gasteiger partial charge in [-0.15, -0.1) is 0 Å². The summed E-state index contributed by atoms with van der Waals surface area (Å²) in [4.78, 5) is 24.3. The Kier molecular flexibility index (Phi) is 9.29. The number of hydrogen-bond donors (Lipinski definition) is 1. The minimum absolute atomic E-state index is 0.0252. The normalized spacial score (nSPS) is 13.0. The number of carbonyl (C=O) groups is 2. The minimum atomic E-state index is -0.443. The lowest BCUT2D eigenvalue weighted by molar-refractivity contribution is -0.124. The third-order valence-corrected chi connectivity index (χ3v) is 5.79. The third kappa shape index (κ3) is 7.51. The molecule has 0 saturated carbocycles. The summed E-state index contributed by atoms with van der Waals surface area (Å²) >= 11 is 1.32. The van der Waals surface area contributed by atoms with Crippen molar-refractivity contribution in [3.05, 3.63) is 60.2 Å². The van der Waals surface area contributed by atoms with E-state index >= 15 is 0 Å². The van der Waals surface area contributed by atoms with Gasteiger partial charge in [0.15, 0.2) is 0 Å². The minimum Gasteiger partial charge on any atom is -0.346 e. The molecule has 2 aromatic rings. The smallest absolute Gasteiger partial charge is 0.220 e. The van der Waals surface area contributed by atoms with E-state index in [1.807, 2.05) is 18.2 Å². The summed E-state index contributed by atoms with van der Waals surface area (Å²) in [6, 6.07) is 18.4. The van der Waals surface area contributed by atoms with Crippen LogP contribution in [0.25, 0.3) is 11.1 Å². The maximum Gasteiger partial charge on any atom is 0.220 e. The maximum atomic E-state index is 12.4. The molecule has 1 amide bonds. The highest BCUT2D eigenvalue weighted by Crippen LogP contribution is 2.22. The van der Waals surface area contributed by atoms with E-state index in [0.717, 1.165) is 25.7 Å². The standard InChI is InChI=1S/C24H31NO2S/c1-4-5-7-12-23(26)25-19(3)24(27)28-18(2)17-20-13-15-22(16-14-20)21-10-8-6-9-11-21/h6,8-11,13-16,18-19H,4-5,7,12,17H2,1-3H3,(H,25,26)/t18-,19+/m0/s1. The quantitative estimate of drug-likeness (QED) is 0.529. The van der Waals surface area contributed by atoms with Crippen molar-refractivity contribution in [2.45, 2.75) is 64.2 Å². The average Bonchev–Trinajstić information content (AvgIpc) is 2.69. The Morgan fingerprint density at radius 2 is 1.57 bits per heavy atom. The van der Waals surface area contributed by atoms with Crippen molar-refractivity contribution in [3.8, 4) is 11.1 Å². The molecule has 150 valence electrons. The highest BCUT2D eigenvalue weighted by Gasteiger charge is 2.19. The Balaban J connectivity index is 1.80. The van der Waals surface area contributed by atoms with Gasteiger partial charge in [0.2, 0.25) is 11.0 Å². The number of thioether (sulfide) groups is 1. The summed E-state index contributed by atoms with van der Waals surface area (Å²) in [5, 5.41) is 3.01. The number of carbonyl (C=O) groups excluding carboxylic acids is 2. The first-order valence-electron chi connectivity index (χ1n) is 10.1. The first-order valence-corrected chi connectivity index (χ1v) is 11.0. The van der Waals surface area contributed by atoms with E-state index in [1.165, 1.54) is 28.5 Å². The molecule has 0 aliphatic carbocycles. The van der Waals surface area contributed by atoms with Gasteiger partial charge in [-0.25, -0.2) is 0 Å². The first kappa shape index (κ1) is 22.2. The monoisotopic (exact) mass is 397 g/mol. The molecular formula is C24H31NO2S. The number of unbranched alkanes of at least 4 members (excludes halogenated alkanes) is 2. The van der Waals surface area contributed by atoms with E-state index in [-0.39, 0.29) is 16.3 Å². The molecule has 0 bridgehead atoms. The van der Waals surface area contributed by atoms with Crippen LogP contribution in [0.15, 0.2) is 54.6 Å². The number of benzene rings is 2. The van der Waals surface area contributed by atoms with E-state index in [9.17, 15) is 9.59 Å². The zero-order chi connectivity index (χ0) is 20.4. The zero-order valence-electron chi connectivity index (χ0n) is 17.1. The molecule has 28 heavy (non-hydrogen) atoms. The van der Waals surface area contributed by atoms with Crippen LogP contribution in [0, 0.1) is 0 Å². The van der Waals surface area contributed by atoms with E-state index in [1.54, 1.807) is 6.92 Å². The average molecular weight is 398 g/mol. The lowest BCUT2D eigenvalue weighted by atomic mass is 10.0. The molecule has 0 aliphatic rings. The van der Waals surface area contributed by atoms with Gasteiger partial charge in [0.1, 0.15) is 0 Å². The Labute approximate surface area is 173 Å². The van der Waals surface area contributed by atoms with Gasteiger partial charge >= 0.3 is 0 Å². The molecule has 0 aromatic heterocycles. The van der Waals surface area contributed by atoms with E-state index in [2.05, 4.69) is 55.6 Å². The summed E-state index contributed by atoms with van der Waals surface area (Å²) in [5.41, 5.74) is 3.61. The molecule has 0 spiro atoms. The summed E-state index contributed by atoms with van der Waals surface area (Å²) in [6.45, 7) is 5.94. The number of nitrogens with one attached hydrogen (secondary N) is 1. The van der Waals surface area contributed by atoms with Gasteiger partial charge in [0, 0.05) is 11.7 Å². The van der Waals surface area contributed by atoms with Crippen LogP contribution in [0.3, 0.4) is 0 Å².